The van der Waals surface area contributed by atoms with Crippen LogP contribution in [0.2, 0.25) is 0 Å². The summed E-state index contributed by atoms with van der Waals surface area (Å²) < 4.78 is 97.4. The van der Waals surface area contributed by atoms with Gasteiger partial charge in [0, 0.05) is 11.1 Å². The molecule has 0 fully saturated rings. The van der Waals surface area contributed by atoms with Crippen molar-refractivity contribution in [3.8, 4) is 0 Å². The number of rotatable bonds is 8. The number of alkyl halides is 5. The van der Waals surface area contributed by atoms with E-state index in [0.717, 1.165) is 12.1 Å². The molecule has 0 aliphatic heterocycles. The lowest BCUT2D eigenvalue weighted by Crippen LogP contribution is -2.32. The first-order valence-corrected chi connectivity index (χ1v) is 8.53. The topological polar surface area (TPSA) is 82.0 Å². The molecule has 0 saturated carbocycles. The summed E-state index contributed by atoms with van der Waals surface area (Å²) in [5, 5.41) is -2.28. The number of esters is 1. The molecule has 0 atom stereocenters. The number of nitrogens with zero attached hydrogens (tertiary/aromatic N) is 1. The van der Waals surface area contributed by atoms with Crippen molar-refractivity contribution in [2.75, 3.05) is 6.61 Å². The number of benzene rings is 1. The molecule has 1 aromatic rings. The molecule has 0 saturated heterocycles. The van der Waals surface area contributed by atoms with E-state index in [1.54, 1.807) is 0 Å². The molecule has 0 heterocycles. The summed E-state index contributed by atoms with van der Waals surface area (Å²) in [6.45, 7) is 3.39. The number of carbonyl (C=O) groups is 1. The molecule has 0 N–H and O–H groups in total. The smallest absolute Gasteiger partial charge is 0.437 e. The molecular weight excluding hydrogens is 401 g/mol. The minimum absolute atomic E-state index is 0.111. The van der Waals surface area contributed by atoms with Crippen LogP contribution in [0.3, 0.4) is 0 Å². The Labute approximate surface area is 151 Å². The summed E-state index contributed by atoms with van der Waals surface area (Å²) in [5.74, 6) is -1.04. The van der Waals surface area contributed by atoms with Gasteiger partial charge >= 0.3 is 27.5 Å². The molecule has 0 aliphatic carbocycles. The van der Waals surface area contributed by atoms with Gasteiger partial charge in [-0.1, -0.05) is 42.1 Å². The average Bonchev–Trinajstić information content (AvgIpc) is 2.54. The third-order valence-electron chi connectivity index (χ3n) is 2.88. The van der Waals surface area contributed by atoms with Crippen molar-refractivity contribution in [3.63, 3.8) is 0 Å². The number of oxime groups is 1. The van der Waals surface area contributed by atoms with E-state index in [4.69, 9.17) is 0 Å². The zero-order chi connectivity index (χ0) is 20.9. The van der Waals surface area contributed by atoms with E-state index < -0.39 is 51.8 Å². The van der Waals surface area contributed by atoms with Crippen molar-refractivity contribution >= 4 is 21.8 Å². The fourth-order valence-corrected chi connectivity index (χ4v) is 2.13. The Morgan fingerprint density at radius 3 is 2.19 bits per heavy atom. The van der Waals surface area contributed by atoms with Crippen molar-refractivity contribution in [2.24, 2.45) is 5.16 Å². The van der Waals surface area contributed by atoms with Gasteiger partial charge < -0.3 is 4.74 Å². The molecule has 0 aromatic heterocycles. The molecule has 150 valence electrons. The van der Waals surface area contributed by atoms with Crippen LogP contribution in [0.5, 0.6) is 0 Å². The van der Waals surface area contributed by atoms with Gasteiger partial charge in [-0.3, -0.25) is 4.28 Å². The Morgan fingerprint density at radius 2 is 1.70 bits per heavy atom. The minimum Gasteiger partial charge on any atom is -0.462 e. The van der Waals surface area contributed by atoms with Gasteiger partial charge in [0.2, 0.25) is 0 Å². The first kappa shape index (κ1) is 22.5. The first-order chi connectivity index (χ1) is 12.3. The molecule has 0 radical (unpaired) electrons. The molecule has 0 bridgehead atoms. The van der Waals surface area contributed by atoms with Crippen LogP contribution in [0.15, 0.2) is 47.6 Å². The SMILES string of the molecule is C=C(C)C(=O)OCCC(F)(F)S(=O)(=O)O/N=C(/c1ccccc1)C(F)(F)F. The largest absolute Gasteiger partial charge is 0.462 e. The lowest BCUT2D eigenvalue weighted by molar-refractivity contribution is -0.140. The summed E-state index contributed by atoms with van der Waals surface area (Å²) in [7, 11) is -5.88. The number of hydrogen-bond acceptors (Lipinski definition) is 6. The second-order valence-electron chi connectivity index (χ2n) is 5.14. The third-order valence-corrected chi connectivity index (χ3v) is 4.09. The second kappa shape index (κ2) is 8.46. The Morgan fingerprint density at radius 1 is 1.15 bits per heavy atom. The summed E-state index contributed by atoms with van der Waals surface area (Å²) in [5.41, 5.74) is -2.50. The van der Waals surface area contributed by atoms with Crippen LogP contribution >= 0.6 is 0 Å². The molecule has 27 heavy (non-hydrogen) atoms. The molecule has 1 rings (SSSR count). The van der Waals surface area contributed by atoms with Gasteiger partial charge in [-0.05, 0) is 6.92 Å². The Hall–Kier alpha value is -2.50. The van der Waals surface area contributed by atoms with Gasteiger partial charge in [-0.2, -0.15) is 30.4 Å². The number of ether oxygens (including phenoxy) is 1. The van der Waals surface area contributed by atoms with Crippen LogP contribution in [-0.2, 0) is 23.9 Å². The quantitative estimate of drug-likeness (QED) is 0.214. The normalized spacial score (nSPS) is 13.2. The number of halogens is 5. The van der Waals surface area contributed by atoms with Crippen molar-refractivity contribution in [2.45, 2.75) is 24.8 Å². The van der Waals surface area contributed by atoms with E-state index in [1.165, 1.54) is 25.1 Å². The zero-order valence-corrected chi connectivity index (χ0v) is 14.6. The van der Waals surface area contributed by atoms with Gasteiger partial charge in [-0.25, -0.2) is 4.79 Å². The molecule has 0 spiro atoms. The standard InChI is InChI=1S/C15H14F5NO5S/c1-10(2)13(22)25-9-8-14(16,17)27(23,24)26-21-12(15(18,19)20)11-6-4-3-5-7-11/h3-7H,1,8-9H2,2H3/b21-12-. The van der Waals surface area contributed by atoms with Crippen LogP contribution in [0.25, 0.3) is 0 Å². The van der Waals surface area contributed by atoms with E-state index in [1.807, 2.05) is 0 Å². The average molecular weight is 415 g/mol. The summed E-state index contributed by atoms with van der Waals surface area (Å²) in [4.78, 5) is 11.1. The van der Waals surface area contributed by atoms with Crippen molar-refractivity contribution < 1.29 is 44.2 Å². The fraction of sp³-hybridized carbons (Fsp3) is 0.333. The molecule has 1 aromatic carbocycles. The highest BCUT2D eigenvalue weighted by Gasteiger charge is 2.48. The van der Waals surface area contributed by atoms with Crippen molar-refractivity contribution in [1.82, 2.24) is 0 Å². The molecule has 12 heteroatoms. The Balaban J connectivity index is 2.97. The monoisotopic (exact) mass is 415 g/mol. The van der Waals surface area contributed by atoms with Crippen LogP contribution in [-0.4, -0.2) is 38.1 Å². The van der Waals surface area contributed by atoms with Gasteiger partial charge in [0.25, 0.3) is 0 Å². The molecule has 0 amide bonds. The van der Waals surface area contributed by atoms with E-state index in [9.17, 15) is 35.2 Å². The Bertz CT molecular complexity index is 819. The molecular formula is C15H14F5NO5S. The van der Waals surface area contributed by atoms with Gasteiger partial charge in [0.1, 0.15) is 0 Å². The van der Waals surface area contributed by atoms with Gasteiger partial charge in [-0.15, -0.1) is 0 Å². The van der Waals surface area contributed by atoms with E-state index in [0.29, 0.717) is 0 Å². The minimum atomic E-state index is -5.88. The predicted octanol–water partition coefficient (Wildman–Crippen LogP) is 3.40. The summed E-state index contributed by atoms with van der Waals surface area (Å²) in [6.07, 6.45) is -6.71. The van der Waals surface area contributed by atoms with Crippen molar-refractivity contribution in [1.29, 1.82) is 0 Å². The maximum Gasteiger partial charge on any atom is 0.437 e. The first-order valence-electron chi connectivity index (χ1n) is 7.12. The Kier molecular flexibility index (Phi) is 7.06. The van der Waals surface area contributed by atoms with Crippen LogP contribution in [0, 0.1) is 0 Å². The van der Waals surface area contributed by atoms with Gasteiger partial charge in [0.05, 0.1) is 13.0 Å². The lowest BCUT2D eigenvalue weighted by Gasteiger charge is -2.16. The fourth-order valence-electron chi connectivity index (χ4n) is 1.52. The van der Waals surface area contributed by atoms with E-state index in [2.05, 4.69) is 20.8 Å². The van der Waals surface area contributed by atoms with E-state index >= 15 is 0 Å². The van der Waals surface area contributed by atoms with Crippen LogP contribution < -0.4 is 0 Å². The van der Waals surface area contributed by atoms with Crippen LogP contribution in [0.1, 0.15) is 18.9 Å². The van der Waals surface area contributed by atoms with Crippen molar-refractivity contribution in [3.05, 3.63) is 48.0 Å². The summed E-state index contributed by atoms with van der Waals surface area (Å²) >= 11 is 0. The predicted molar refractivity (Wildman–Crippen MR) is 84.4 cm³/mol. The highest BCUT2D eigenvalue weighted by atomic mass is 32.2. The number of hydrogen-bond donors (Lipinski definition) is 0. The maximum absolute atomic E-state index is 13.7. The maximum atomic E-state index is 13.7. The van der Waals surface area contributed by atoms with E-state index in [-0.39, 0.29) is 5.57 Å². The molecule has 6 nitrogen and oxygen atoms in total. The highest BCUT2D eigenvalue weighted by Crippen LogP contribution is 2.29. The van der Waals surface area contributed by atoms with Crippen LogP contribution in [0.4, 0.5) is 22.0 Å². The third kappa shape index (κ3) is 6.31. The highest BCUT2D eigenvalue weighted by molar-refractivity contribution is 7.87. The second-order valence-corrected chi connectivity index (χ2v) is 6.79. The van der Waals surface area contributed by atoms with Gasteiger partial charge in [0.15, 0.2) is 5.71 Å². The zero-order valence-electron chi connectivity index (χ0n) is 13.8. The lowest BCUT2D eigenvalue weighted by atomic mass is 10.1. The number of carbonyl (C=O) groups excluding carboxylic acids is 1. The summed E-state index contributed by atoms with van der Waals surface area (Å²) in [6, 6.07) is 5.68. The molecule has 0 unspecified atom stereocenters. The molecule has 0 aliphatic rings.